The van der Waals surface area contributed by atoms with E-state index in [4.69, 9.17) is 9.84 Å². The van der Waals surface area contributed by atoms with E-state index in [0.29, 0.717) is 12.3 Å². The molecule has 1 aliphatic carbocycles. The van der Waals surface area contributed by atoms with Crippen molar-refractivity contribution < 1.29 is 19.4 Å². The first-order chi connectivity index (χ1) is 9.41. The molecule has 1 fully saturated rings. The third-order valence-corrected chi connectivity index (χ3v) is 4.33. The fraction of sp³-hybridized carbons (Fsp3) is 0.467. The van der Waals surface area contributed by atoms with Gasteiger partial charge in [-0.15, -0.1) is 0 Å². The van der Waals surface area contributed by atoms with E-state index < -0.39 is 23.2 Å². The average molecular weight is 275 g/mol. The molecule has 1 aromatic rings. The van der Waals surface area contributed by atoms with Crippen LogP contribution in [0.25, 0.3) is 0 Å². The van der Waals surface area contributed by atoms with E-state index >= 15 is 0 Å². The molecule has 0 unspecified atom stereocenters. The van der Waals surface area contributed by atoms with Crippen LogP contribution in [0.4, 0.5) is 5.69 Å². The molecule has 2 aliphatic rings. The highest BCUT2D eigenvalue weighted by Gasteiger charge is 2.65. The summed E-state index contributed by atoms with van der Waals surface area (Å²) in [6.45, 7) is 4.29. The number of ether oxygens (including phenoxy) is 1. The molecular formula is C15H17NO4. The molecule has 20 heavy (non-hydrogen) atoms. The molecule has 0 bridgehead atoms. The fourth-order valence-corrected chi connectivity index (χ4v) is 3.07. The molecule has 1 heterocycles. The predicted octanol–water partition coefficient (Wildman–Crippen LogP) is 1.92. The first kappa shape index (κ1) is 13.0. The minimum Gasteiger partial charge on any atom is -0.493 e. The van der Waals surface area contributed by atoms with Gasteiger partial charge >= 0.3 is 5.97 Å². The molecule has 2 N–H and O–H groups in total. The number of aliphatic carboxylic acids is 1. The standard InChI is InChI=1S/C15H17NO4/c1-15(2)11(12(15)14(18)19)13(17)16-9-3-4-10-8(7-9)5-6-20-10/h3-4,7,11-12H,5-6H2,1-2H3,(H,16,17)(H,18,19)/t11-,12+/m1/s1. The Balaban J connectivity index is 1.73. The summed E-state index contributed by atoms with van der Waals surface area (Å²) in [5, 5.41) is 11.9. The van der Waals surface area contributed by atoms with E-state index in [1.807, 2.05) is 26.0 Å². The summed E-state index contributed by atoms with van der Waals surface area (Å²) in [5.74, 6) is -1.33. The maximum Gasteiger partial charge on any atom is 0.307 e. The Morgan fingerprint density at radius 1 is 1.35 bits per heavy atom. The summed E-state index contributed by atoms with van der Waals surface area (Å²) in [6.07, 6.45) is 0.839. The van der Waals surface area contributed by atoms with E-state index in [0.717, 1.165) is 17.7 Å². The number of carbonyl (C=O) groups excluding carboxylic acids is 1. The van der Waals surface area contributed by atoms with Crippen LogP contribution in [0.3, 0.4) is 0 Å². The van der Waals surface area contributed by atoms with Gasteiger partial charge in [-0.3, -0.25) is 9.59 Å². The second-order valence-electron chi connectivity index (χ2n) is 6.03. The number of carbonyl (C=O) groups is 2. The normalized spacial score (nSPS) is 25.5. The molecule has 5 heteroatoms. The largest absolute Gasteiger partial charge is 0.493 e. The van der Waals surface area contributed by atoms with Gasteiger partial charge in [0.25, 0.3) is 0 Å². The van der Waals surface area contributed by atoms with Crippen molar-refractivity contribution >= 4 is 17.6 Å². The Morgan fingerprint density at radius 3 is 2.75 bits per heavy atom. The van der Waals surface area contributed by atoms with Crippen LogP contribution in [0.15, 0.2) is 18.2 Å². The summed E-state index contributed by atoms with van der Waals surface area (Å²) < 4.78 is 5.41. The lowest BCUT2D eigenvalue weighted by molar-refractivity contribution is -0.140. The molecule has 0 aromatic heterocycles. The molecule has 1 aliphatic heterocycles. The zero-order valence-electron chi connectivity index (χ0n) is 11.5. The molecule has 1 saturated carbocycles. The molecule has 3 rings (SSSR count). The van der Waals surface area contributed by atoms with Crippen molar-refractivity contribution in [2.75, 3.05) is 11.9 Å². The summed E-state index contributed by atoms with van der Waals surface area (Å²) >= 11 is 0. The van der Waals surface area contributed by atoms with Crippen molar-refractivity contribution in [3.05, 3.63) is 23.8 Å². The number of carboxylic acid groups (broad SMARTS) is 1. The van der Waals surface area contributed by atoms with Gasteiger partial charge in [0, 0.05) is 12.1 Å². The Labute approximate surface area is 116 Å². The van der Waals surface area contributed by atoms with Gasteiger partial charge in [0.1, 0.15) is 5.75 Å². The first-order valence-electron chi connectivity index (χ1n) is 6.70. The Hall–Kier alpha value is -2.04. The smallest absolute Gasteiger partial charge is 0.307 e. The predicted molar refractivity (Wildman–Crippen MR) is 72.7 cm³/mol. The minimum absolute atomic E-state index is 0.221. The van der Waals surface area contributed by atoms with Crippen molar-refractivity contribution in [1.29, 1.82) is 0 Å². The number of amides is 1. The zero-order chi connectivity index (χ0) is 14.5. The molecule has 2 atom stereocenters. The number of carboxylic acids is 1. The van der Waals surface area contributed by atoms with Gasteiger partial charge in [-0.1, -0.05) is 13.8 Å². The van der Waals surface area contributed by atoms with Crippen LogP contribution < -0.4 is 10.1 Å². The molecule has 5 nitrogen and oxygen atoms in total. The van der Waals surface area contributed by atoms with Gasteiger partial charge in [0.2, 0.25) is 5.91 Å². The number of hydrogen-bond donors (Lipinski definition) is 2. The second-order valence-corrected chi connectivity index (χ2v) is 6.03. The lowest BCUT2D eigenvalue weighted by Crippen LogP contribution is -2.17. The maximum atomic E-state index is 12.2. The fourth-order valence-electron chi connectivity index (χ4n) is 3.07. The molecule has 0 radical (unpaired) electrons. The van der Waals surface area contributed by atoms with Gasteiger partial charge in [-0.05, 0) is 29.2 Å². The maximum absolute atomic E-state index is 12.2. The number of rotatable bonds is 3. The van der Waals surface area contributed by atoms with Crippen molar-refractivity contribution in [2.45, 2.75) is 20.3 Å². The number of benzene rings is 1. The van der Waals surface area contributed by atoms with E-state index in [1.165, 1.54) is 0 Å². The summed E-state index contributed by atoms with van der Waals surface area (Å²) in [6, 6.07) is 5.52. The van der Waals surface area contributed by atoms with Crippen LogP contribution >= 0.6 is 0 Å². The molecular weight excluding hydrogens is 258 g/mol. The molecule has 0 saturated heterocycles. The van der Waals surface area contributed by atoms with Crippen LogP contribution in [0, 0.1) is 17.3 Å². The van der Waals surface area contributed by atoms with Gasteiger partial charge in [-0.25, -0.2) is 0 Å². The third kappa shape index (κ3) is 1.94. The number of hydrogen-bond acceptors (Lipinski definition) is 3. The Bertz CT molecular complexity index is 594. The summed E-state index contributed by atoms with van der Waals surface area (Å²) in [4.78, 5) is 23.3. The zero-order valence-corrected chi connectivity index (χ0v) is 11.5. The monoisotopic (exact) mass is 275 g/mol. The van der Waals surface area contributed by atoms with Crippen molar-refractivity contribution in [3.8, 4) is 5.75 Å². The Kier molecular flexibility index (Phi) is 2.74. The molecule has 1 aromatic carbocycles. The second kappa shape index (κ2) is 4.23. The van der Waals surface area contributed by atoms with Crippen LogP contribution in [0.2, 0.25) is 0 Å². The van der Waals surface area contributed by atoms with Crippen LogP contribution in [-0.2, 0) is 16.0 Å². The van der Waals surface area contributed by atoms with Crippen LogP contribution in [-0.4, -0.2) is 23.6 Å². The van der Waals surface area contributed by atoms with Crippen molar-refractivity contribution in [2.24, 2.45) is 17.3 Å². The van der Waals surface area contributed by atoms with Crippen molar-refractivity contribution in [3.63, 3.8) is 0 Å². The molecule has 1 amide bonds. The highest BCUT2D eigenvalue weighted by Crippen LogP contribution is 2.58. The molecule has 106 valence electrons. The van der Waals surface area contributed by atoms with Gasteiger partial charge in [0.15, 0.2) is 0 Å². The van der Waals surface area contributed by atoms with E-state index in [9.17, 15) is 9.59 Å². The van der Waals surface area contributed by atoms with E-state index in [1.54, 1.807) is 6.07 Å². The molecule has 0 spiro atoms. The lowest BCUT2D eigenvalue weighted by Gasteiger charge is -2.07. The number of fused-ring (bicyclic) bond motifs is 1. The van der Waals surface area contributed by atoms with Gasteiger partial charge < -0.3 is 15.2 Å². The minimum atomic E-state index is -0.905. The highest BCUT2D eigenvalue weighted by molar-refractivity contribution is 5.99. The topological polar surface area (TPSA) is 75.6 Å². The number of anilines is 1. The van der Waals surface area contributed by atoms with Gasteiger partial charge in [0.05, 0.1) is 18.4 Å². The highest BCUT2D eigenvalue weighted by atomic mass is 16.5. The Morgan fingerprint density at radius 2 is 2.10 bits per heavy atom. The number of nitrogens with one attached hydrogen (secondary N) is 1. The van der Waals surface area contributed by atoms with Crippen molar-refractivity contribution in [1.82, 2.24) is 0 Å². The summed E-state index contributed by atoms with van der Waals surface area (Å²) in [5.41, 5.74) is 1.30. The SMILES string of the molecule is CC1(C)[C@H](C(=O)O)[C@@H]1C(=O)Nc1ccc2c(c1)CCO2. The van der Waals surface area contributed by atoms with E-state index in [-0.39, 0.29) is 5.91 Å². The van der Waals surface area contributed by atoms with Crippen LogP contribution in [0.1, 0.15) is 19.4 Å². The third-order valence-electron chi connectivity index (χ3n) is 4.33. The lowest BCUT2D eigenvalue weighted by atomic mass is 10.1. The first-order valence-corrected chi connectivity index (χ1v) is 6.70. The van der Waals surface area contributed by atoms with Crippen LogP contribution in [0.5, 0.6) is 5.75 Å². The average Bonchev–Trinajstić information content (AvgIpc) is 2.73. The van der Waals surface area contributed by atoms with E-state index in [2.05, 4.69) is 5.32 Å². The van der Waals surface area contributed by atoms with Gasteiger partial charge in [-0.2, -0.15) is 0 Å². The quantitative estimate of drug-likeness (QED) is 0.883. The summed E-state index contributed by atoms with van der Waals surface area (Å²) in [7, 11) is 0.